The van der Waals surface area contributed by atoms with E-state index >= 15 is 0 Å². The van der Waals surface area contributed by atoms with Crippen molar-refractivity contribution in [2.24, 2.45) is 0 Å². The predicted molar refractivity (Wildman–Crippen MR) is 61.4 cm³/mol. The Labute approximate surface area is 94.7 Å². The van der Waals surface area contributed by atoms with Gasteiger partial charge in [-0.3, -0.25) is 9.88 Å². The Hall–Kier alpha value is -0.800. The second-order valence-electron chi connectivity index (χ2n) is 4.30. The van der Waals surface area contributed by atoms with E-state index in [1.165, 1.54) is 31.7 Å². The van der Waals surface area contributed by atoms with Gasteiger partial charge >= 0.3 is 0 Å². The van der Waals surface area contributed by atoms with Crippen molar-refractivity contribution in [3.8, 4) is 0 Å². The second-order valence-corrected chi connectivity index (χ2v) is 4.73. The molecule has 3 nitrogen and oxygen atoms in total. The molecule has 2 saturated heterocycles. The van der Waals surface area contributed by atoms with Gasteiger partial charge in [-0.05, 0) is 12.5 Å². The molecule has 0 radical (unpaired) electrons. The minimum atomic E-state index is 0.666. The lowest BCUT2D eigenvalue weighted by Crippen LogP contribution is -2.46. The van der Waals surface area contributed by atoms with Crippen LogP contribution in [0.5, 0.6) is 0 Å². The number of anilines is 1. The molecular formula is C11H14ClN3. The van der Waals surface area contributed by atoms with Crippen LogP contribution in [0.1, 0.15) is 6.42 Å². The van der Waals surface area contributed by atoms with Gasteiger partial charge in [0.25, 0.3) is 0 Å². The van der Waals surface area contributed by atoms with Gasteiger partial charge in [0, 0.05) is 38.4 Å². The van der Waals surface area contributed by atoms with Crippen molar-refractivity contribution in [3.63, 3.8) is 0 Å². The van der Waals surface area contributed by atoms with Crippen LogP contribution in [-0.4, -0.2) is 42.1 Å². The monoisotopic (exact) mass is 223 g/mol. The Morgan fingerprint density at radius 2 is 2.20 bits per heavy atom. The summed E-state index contributed by atoms with van der Waals surface area (Å²) in [5.74, 6) is 0. The largest absolute Gasteiger partial charge is 0.365 e. The van der Waals surface area contributed by atoms with Gasteiger partial charge in [0.2, 0.25) is 0 Å². The minimum Gasteiger partial charge on any atom is -0.365 e. The van der Waals surface area contributed by atoms with Crippen LogP contribution in [0.25, 0.3) is 0 Å². The predicted octanol–water partition coefficient (Wildman–Crippen LogP) is 1.63. The summed E-state index contributed by atoms with van der Waals surface area (Å²) in [6.07, 6.45) is 4.88. The van der Waals surface area contributed by atoms with Crippen molar-refractivity contribution >= 4 is 17.3 Å². The fourth-order valence-corrected chi connectivity index (χ4v) is 2.77. The van der Waals surface area contributed by atoms with Crippen LogP contribution in [0.15, 0.2) is 18.5 Å². The van der Waals surface area contributed by atoms with E-state index in [0.29, 0.717) is 6.04 Å². The molecule has 1 aromatic heterocycles. The van der Waals surface area contributed by atoms with E-state index in [1.807, 2.05) is 12.3 Å². The highest BCUT2D eigenvalue weighted by molar-refractivity contribution is 6.30. The standard InChI is InChI=1S/C11H14ClN3/c12-9-5-11(7-13-6-9)15-4-3-14-2-1-10(15)8-14/h5-7,10H,1-4,8H2. The molecule has 15 heavy (non-hydrogen) atoms. The summed E-state index contributed by atoms with van der Waals surface area (Å²) < 4.78 is 0. The lowest BCUT2D eigenvalue weighted by Gasteiger charge is -2.35. The molecule has 0 aliphatic carbocycles. The van der Waals surface area contributed by atoms with Crippen LogP contribution < -0.4 is 4.90 Å². The number of hydrogen-bond donors (Lipinski definition) is 0. The first kappa shape index (κ1) is 9.43. The summed E-state index contributed by atoms with van der Waals surface area (Å²) in [7, 11) is 0. The Morgan fingerprint density at radius 1 is 1.27 bits per heavy atom. The quantitative estimate of drug-likeness (QED) is 0.722. The summed E-state index contributed by atoms with van der Waals surface area (Å²) in [5, 5.41) is 0.730. The van der Waals surface area contributed by atoms with Gasteiger partial charge in [-0.25, -0.2) is 0 Å². The van der Waals surface area contributed by atoms with Crippen LogP contribution in [0, 0.1) is 0 Å². The third kappa shape index (κ3) is 1.70. The molecular weight excluding hydrogens is 210 g/mol. The van der Waals surface area contributed by atoms with Crippen molar-refractivity contribution in [3.05, 3.63) is 23.5 Å². The third-order valence-electron chi connectivity index (χ3n) is 3.37. The molecule has 2 aliphatic rings. The molecule has 2 bridgehead atoms. The minimum absolute atomic E-state index is 0.666. The fraction of sp³-hybridized carbons (Fsp3) is 0.545. The maximum Gasteiger partial charge on any atom is 0.0609 e. The number of rotatable bonds is 1. The number of halogens is 1. The van der Waals surface area contributed by atoms with E-state index in [2.05, 4.69) is 14.8 Å². The molecule has 2 atom stereocenters. The van der Waals surface area contributed by atoms with Crippen molar-refractivity contribution in [1.82, 2.24) is 9.88 Å². The van der Waals surface area contributed by atoms with Crippen molar-refractivity contribution < 1.29 is 0 Å². The Balaban J connectivity index is 1.87. The maximum absolute atomic E-state index is 5.97. The number of nitrogens with zero attached hydrogens (tertiary/aromatic N) is 3. The van der Waals surface area contributed by atoms with Gasteiger partial charge in [-0.15, -0.1) is 0 Å². The lowest BCUT2D eigenvalue weighted by molar-refractivity contribution is 0.310. The molecule has 80 valence electrons. The first-order valence-corrected chi connectivity index (χ1v) is 5.80. The van der Waals surface area contributed by atoms with Crippen LogP contribution in [-0.2, 0) is 0 Å². The molecule has 0 saturated carbocycles. The highest BCUT2D eigenvalue weighted by Crippen LogP contribution is 2.27. The van der Waals surface area contributed by atoms with E-state index in [4.69, 9.17) is 11.6 Å². The zero-order valence-electron chi connectivity index (χ0n) is 8.56. The molecule has 2 fully saturated rings. The molecule has 0 N–H and O–H groups in total. The zero-order valence-corrected chi connectivity index (χ0v) is 9.32. The third-order valence-corrected chi connectivity index (χ3v) is 3.57. The highest BCUT2D eigenvalue weighted by Gasteiger charge is 2.32. The number of aromatic nitrogens is 1. The van der Waals surface area contributed by atoms with Crippen molar-refractivity contribution in [2.75, 3.05) is 31.1 Å². The Bertz CT molecular complexity index is 369. The summed E-state index contributed by atoms with van der Waals surface area (Å²) in [6.45, 7) is 4.72. The topological polar surface area (TPSA) is 19.4 Å². The second kappa shape index (κ2) is 3.65. The maximum atomic E-state index is 5.97. The first-order chi connectivity index (χ1) is 7.33. The number of piperazine rings is 1. The van der Waals surface area contributed by atoms with Crippen LogP contribution in [0.3, 0.4) is 0 Å². The summed E-state index contributed by atoms with van der Waals surface area (Å²) in [5.41, 5.74) is 1.18. The molecule has 3 heterocycles. The van der Waals surface area contributed by atoms with Crippen LogP contribution in [0.4, 0.5) is 5.69 Å². The van der Waals surface area contributed by atoms with Gasteiger partial charge in [0.15, 0.2) is 0 Å². The molecule has 2 aliphatic heterocycles. The normalized spacial score (nSPS) is 29.5. The molecule has 2 unspecified atom stereocenters. The molecule has 4 heteroatoms. The zero-order chi connectivity index (χ0) is 10.3. The average molecular weight is 224 g/mol. The number of hydrogen-bond acceptors (Lipinski definition) is 3. The highest BCUT2D eigenvalue weighted by atomic mass is 35.5. The Morgan fingerprint density at radius 3 is 3.07 bits per heavy atom. The van der Waals surface area contributed by atoms with E-state index in [1.54, 1.807) is 6.20 Å². The van der Waals surface area contributed by atoms with Crippen molar-refractivity contribution in [2.45, 2.75) is 12.5 Å². The van der Waals surface area contributed by atoms with Crippen LogP contribution in [0.2, 0.25) is 5.02 Å². The fourth-order valence-electron chi connectivity index (χ4n) is 2.60. The summed E-state index contributed by atoms with van der Waals surface area (Å²) in [4.78, 5) is 9.13. The van der Waals surface area contributed by atoms with Gasteiger partial charge < -0.3 is 4.90 Å². The number of pyridine rings is 1. The van der Waals surface area contributed by atoms with Gasteiger partial charge in [-0.2, -0.15) is 0 Å². The lowest BCUT2D eigenvalue weighted by atomic mass is 10.2. The van der Waals surface area contributed by atoms with Gasteiger partial charge in [-0.1, -0.05) is 11.6 Å². The summed E-state index contributed by atoms with van der Waals surface area (Å²) in [6, 6.07) is 2.68. The summed E-state index contributed by atoms with van der Waals surface area (Å²) >= 11 is 5.97. The van der Waals surface area contributed by atoms with E-state index in [-0.39, 0.29) is 0 Å². The van der Waals surface area contributed by atoms with Crippen LogP contribution >= 0.6 is 11.6 Å². The average Bonchev–Trinajstić information content (AvgIpc) is 2.61. The molecule has 0 spiro atoms. The molecule has 1 aromatic rings. The van der Waals surface area contributed by atoms with E-state index < -0.39 is 0 Å². The van der Waals surface area contributed by atoms with E-state index in [0.717, 1.165) is 11.6 Å². The van der Waals surface area contributed by atoms with E-state index in [9.17, 15) is 0 Å². The number of fused-ring (bicyclic) bond motifs is 2. The first-order valence-electron chi connectivity index (χ1n) is 5.42. The Kier molecular flexibility index (Phi) is 2.29. The SMILES string of the molecule is Clc1cncc(N2CCN3CCC2C3)c1. The molecule has 0 aromatic carbocycles. The molecule has 0 amide bonds. The van der Waals surface area contributed by atoms with Gasteiger partial charge in [0.05, 0.1) is 16.9 Å². The van der Waals surface area contributed by atoms with Gasteiger partial charge in [0.1, 0.15) is 0 Å². The molecule has 3 rings (SSSR count). The van der Waals surface area contributed by atoms with Crippen molar-refractivity contribution in [1.29, 1.82) is 0 Å². The smallest absolute Gasteiger partial charge is 0.0609 e.